The molecule has 0 aliphatic carbocycles. The molecule has 0 saturated carbocycles. The van der Waals surface area contributed by atoms with Gasteiger partial charge in [-0.2, -0.15) is 0 Å². The van der Waals surface area contributed by atoms with E-state index in [9.17, 15) is 13.5 Å². The first-order valence-corrected chi connectivity index (χ1v) is 5.91. The predicted molar refractivity (Wildman–Crippen MR) is 50.8 cm³/mol. The molecule has 5 nitrogen and oxygen atoms in total. The number of phenolic OH excluding ortho intramolecular Hbond substituents is 1. The number of H-pyrrole nitrogens is 1. The molecule has 2 aromatic rings. The second-order valence-corrected chi connectivity index (χ2v) is 5.18. The van der Waals surface area contributed by atoms with Crippen molar-refractivity contribution in [2.75, 3.05) is 0 Å². The maximum atomic E-state index is 11.0. The Bertz CT molecular complexity index is 590. The lowest BCUT2D eigenvalue weighted by Crippen LogP contribution is -1.91. The fourth-order valence-corrected chi connectivity index (χ4v) is 2.10. The highest BCUT2D eigenvalue weighted by Crippen LogP contribution is 2.31. The third-order valence-electron chi connectivity index (χ3n) is 1.79. The van der Waals surface area contributed by atoms with E-state index in [1.54, 1.807) is 0 Å². The lowest BCUT2D eigenvalue weighted by Gasteiger charge is -1.99. The Morgan fingerprint density at radius 1 is 1.43 bits per heavy atom. The Balaban J connectivity index is 2.88. The second-order valence-electron chi connectivity index (χ2n) is 2.65. The number of imidazole rings is 1. The smallest absolute Gasteiger partial charge is 0.265 e. The first-order chi connectivity index (χ1) is 6.50. The SMILES string of the molecule is O=S(=O)(Cl)c1ccc2[nH]cnc2c1O. The van der Waals surface area contributed by atoms with Crippen molar-refractivity contribution in [1.29, 1.82) is 0 Å². The third kappa shape index (κ3) is 1.32. The normalized spacial score (nSPS) is 12.1. The summed E-state index contributed by atoms with van der Waals surface area (Å²) in [6.07, 6.45) is 1.36. The van der Waals surface area contributed by atoms with Crippen molar-refractivity contribution >= 4 is 30.8 Å². The van der Waals surface area contributed by atoms with Gasteiger partial charge in [-0.05, 0) is 12.1 Å². The van der Waals surface area contributed by atoms with Crippen molar-refractivity contribution in [3.63, 3.8) is 0 Å². The summed E-state index contributed by atoms with van der Waals surface area (Å²) in [5, 5.41) is 9.53. The average molecular weight is 233 g/mol. The molecule has 0 unspecified atom stereocenters. The van der Waals surface area contributed by atoms with E-state index in [4.69, 9.17) is 10.7 Å². The van der Waals surface area contributed by atoms with Crippen molar-refractivity contribution in [3.8, 4) is 5.75 Å². The summed E-state index contributed by atoms with van der Waals surface area (Å²) < 4.78 is 22.0. The van der Waals surface area contributed by atoms with Gasteiger partial charge in [-0.3, -0.25) is 0 Å². The van der Waals surface area contributed by atoms with Gasteiger partial charge in [0.2, 0.25) is 0 Å². The van der Waals surface area contributed by atoms with Crippen LogP contribution < -0.4 is 0 Å². The third-order valence-corrected chi connectivity index (χ3v) is 3.14. The van der Waals surface area contributed by atoms with E-state index in [0.29, 0.717) is 5.52 Å². The number of phenols is 1. The van der Waals surface area contributed by atoms with E-state index >= 15 is 0 Å². The predicted octanol–water partition coefficient (Wildman–Crippen LogP) is 1.20. The Morgan fingerprint density at radius 3 is 2.79 bits per heavy atom. The van der Waals surface area contributed by atoms with Crippen molar-refractivity contribution in [2.45, 2.75) is 4.90 Å². The number of nitrogens with one attached hydrogen (secondary N) is 1. The molecule has 0 amide bonds. The zero-order valence-electron chi connectivity index (χ0n) is 6.73. The first-order valence-electron chi connectivity index (χ1n) is 3.60. The standard InChI is InChI=1S/C7H5ClN2O3S/c8-14(12,13)5-2-1-4-6(7(5)11)10-3-9-4/h1-3,11H,(H,9,10). The van der Waals surface area contributed by atoms with Crippen LogP contribution in [0.15, 0.2) is 23.4 Å². The summed E-state index contributed by atoms with van der Waals surface area (Å²) in [6, 6.07) is 2.70. The van der Waals surface area contributed by atoms with Crippen LogP contribution in [-0.2, 0) is 9.05 Å². The fraction of sp³-hybridized carbons (Fsp3) is 0. The van der Waals surface area contributed by atoms with Crippen LogP contribution >= 0.6 is 10.7 Å². The summed E-state index contributed by atoms with van der Waals surface area (Å²) >= 11 is 0. The van der Waals surface area contributed by atoms with Gasteiger partial charge in [-0.1, -0.05) is 0 Å². The number of aromatic nitrogens is 2. The zero-order chi connectivity index (χ0) is 10.3. The van der Waals surface area contributed by atoms with Crippen LogP contribution in [0, 0.1) is 0 Å². The molecule has 0 aliphatic heterocycles. The van der Waals surface area contributed by atoms with Crippen LogP contribution in [0.25, 0.3) is 11.0 Å². The number of halogens is 1. The molecule has 1 aromatic heterocycles. The summed E-state index contributed by atoms with van der Waals surface area (Å²) in [4.78, 5) is 6.16. The molecule has 7 heteroatoms. The Kier molecular flexibility index (Phi) is 1.90. The Labute approximate surface area is 83.8 Å². The number of rotatable bonds is 1. The van der Waals surface area contributed by atoms with Crippen LogP contribution in [0.5, 0.6) is 5.75 Å². The van der Waals surface area contributed by atoms with Gasteiger partial charge in [0.15, 0.2) is 5.75 Å². The maximum absolute atomic E-state index is 11.0. The van der Waals surface area contributed by atoms with E-state index in [1.807, 2.05) is 0 Å². The highest BCUT2D eigenvalue weighted by Gasteiger charge is 2.18. The minimum Gasteiger partial charge on any atom is -0.504 e. The maximum Gasteiger partial charge on any atom is 0.265 e. The number of aromatic amines is 1. The molecule has 1 heterocycles. The van der Waals surface area contributed by atoms with E-state index in [1.165, 1.54) is 18.5 Å². The van der Waals surface area contributed by atoms with Crippen molar-refractivity contribution in [3.05, 3.63) is 18.5 Å². The zero-order valence-corrected chi connectivity index (χ0v) is 8.30. The van der Waals surface area contributed by atoms with E-state index in [-0.39, 0.29) is 10.4 Å². The largest absolute Gasteiger partial charge is 0.504 e. The van der Waals surface area contributed by atoms with Crippen molar-refractivity contribution in [2.24, 2.45) is 0 Å². The molecule has 1 aromatic carbocycles. The van der Waals surface area contributed by atoms with E-state index < -0.39 is 14.8 Å². The fourth-order valence-electron chi connectivity index (χ4n) is 1.17. The molecule has 0 aliphatic rings. The van der Waals surface area contributed by atoms with Crippen LogP contribution in [0.3, 0.4) is 0 Å². The van der Waals surface area contributed by atoms with E-state index in [2.05, 4.69) is 9.97 Å². The molecule has 2 rings (SSSR count). The highest BCUT2D eigenvalue weighted by molar-refractivity contribution is 8.13. The number of nitrogens with zero attached hydrogens (tertiary/aromatic N) is 1. The topological polar surface area (TPSA) is 83.0 Å². The number of benzene rings is 1. The molecule has 0 saturated heterocycles. The summed E-state index contributed by atoms with van der Waals surface area (Å²) in [5.74, 6) is -0.432. The molecular weight excluding hydrogens is 228 g/mol. The summed E-state index contributed by atoms with van der Waals surface area (Å²) in [6.45, 7) is 0. The molecule has 0 radical (unpaired) electrons. The molecule has 0 fully saturated rings. The molecule has 0 atom stereocenters. The Hall–Kier alpha value is -1.27. The van der Waals surface area contributed by atoms with Crippen LogP contribution in [0.2, 0.25) is 0 Å². The quantitative estimate of drug-likeness (QED) is 0.724. The summed E-state index contributed by atoms with van der Waals surface area (Å²) in [7, 11) is 1.17. The highest BCUT2D eigenvalue weighted by atomic mass is 35.7. The number of hydrogen-bond donors (Lipinski definition) is 2. The van der Waals surface area contributed by atoms with Crippen LogP contribution in [0.4, 0.5) is 0 Å². The Morgan fingerprint density at radius 2 is 2.14 bits per heavy atom. The molecule has 74 valence electrons. The number of fused-ring (bicyclic) bond motifs is 1. The van der Waals surface area contributed by atoms with Gasteiger partial charge in [0.05, 0.1) is 11.8 Å². The number of aromatic hydroxyl groups is 1. The van der Waals surface area contributed by atoms with Gasteiger partial charge in [-0.15, -0.1) is 0 Å². The second kappa shape index (κ2) is 2.86. The number of hydrogen-bond acceptors (Lipinski definition) is 4. The molecule has 14 heavy (non-hydrogen) atoms. The first kappa shape index (κ1) is 9.29. The minimum atomic E-state index is -3.93. The molecule has 0 bridgehead atoms. The van der Waals surface area contributed by atoms with Gasteiger partial charge < -0.3 is 10.1 Å². The van der Waals surface area contributed by atoms with Crippen LogP contribution in [-0.4, -0.2) is 23.5 Å². The minimum absolute atomic E-state index is 0.187. The molecule has 2 N–H and O–H groups in total. The van der Waals surface area contributed by atoms with Gasteiger partial charge >= 0.3 is 0 Å². The van der Waals surface area contributed by atoms with Crippen LogP contribution in [0.1, 0.15) is 0 Å². The lowest BCUT2D eigenvalue weighted by atomic mass is 10.3. The van der Waals surface area contributed by atoms with Crippen molar-refractivity contribution < 1.29 is 13.5 Å². The van der Waals surface area contributed by atoms with Crippen molar-refractivity contribution in [1.82, 2.24) is 9.97 Å². The van der Waals surface area contributed by atoms with Gasteiger partial charge in [0.25, 0.3) is 9.05 Å². The van der Waals surface area contributed by atoms with Gasteiger partial charge in [0, 0.05) is 10.7 Å². The molecule has 0 spiro atoms. The average Bonchev–Trinajstić information content (AvgIpc) is 2.50. The van der Waals surface area contributed by atoms with Gasteiger partial charge in [0.1, 0.15) is 10.4 Å². The van der Waals surface area contributed by atoms with E-state index in [0.717, 1.165) is 0 Å². The lowest BCUT2D eigenvalue weighted by molar-refractivity contribution is 0.465. The van der Waals surface area contributed by atoms with Gasteiger partial charge in [-0.25, -0.2) is 13.4 Å². The molecular formula is C7H5ClN2O3S. The monoisotopic (exact) mass is 232 g/mol. The summed E-state index contributed by atoms with van der Waals surface area (Å²) in [5.41, 5.74) is 0.735.